The molecule has 0 aliphatic carbocycles. The van der Waals surface area contributed by atoms with E-state index in [0.29, 0.717) is 5.56 Å². The molecule has 5 heteroatoms. The highest BCUT2D eigenvalue weighted by Gasteiger charge is 2.14. The van der Waals surface area contributed by atoms with Gasteiger partial charge in [-0.15, -0.1) is 0 Å². The molecule has 3 aromatic rings. The molecule has 0 aliphatic heterocycles. The first-order chi connectivity index (χ1) is 12.0. The molecule has 3 rings (SSSR count). The summed E-state index contributed by atoms with van der Waals surface area (Å²) in [6.45, 7) is 1.87. The van der Waals surface area contributed by atoms with Gasteiger partial charge in [0.2, 0.25) is 10.0 Å². The van der Waals surface area contributed by atoms with Crippen molar-refractivity contribution in [2.75, 3.05) is 0 Å². The topological polar surface area (TPSA) is 46.2 Å². The van der Waals surface area contributed by atoms with Gasteiger partial charge >= 0.3 is 0 Å². The molecule has 0 amide bonds. The van der Waals surface area contributed by atoms with Crippen LogP contribution in [0.1, 0.15) is 11.1 Å². The molecule has 1 N–H and O–H groups in total. The molecule has 0 saturated heterocycles. The maximum Gasteiger partial charge on any atom is 0.240 e. The van der Waals surface area contributed by atoms with E-state index >= 15 is 0 Å². The number of hydrogen-bond acceptors (Lipinski definition) is 2. The van der Waals surface area contributed by atoms with E-state index < -0.39 is 10.0 Å². The van der Waals surface area contributed by atoms with Crippen molar-refractivity contribution in [3.63, 3.8) is 0 Å². The summed E-state index contributed by atoms with van der Waals surface area (Å²) in [5.41, 5.74) is 3.42. The average Bonchev–Trinajstić information content (AvgIpc) is 2.63. The molecule has 0 aliphatic rings. The molecule has 0 aromatic heterocycles. The molecule has 128 valence electrons. The number of sulfonamides is 1. The van der Waals surface area contributed by atoms with E-state index in [9.17, 15) is 12.8 Å². The molecule has 25 heavy (non-hydrogen) atoms. The van der Waals surface area contributed by atoms with Crippen molar-refractivity contribution in [1.82, 2.24) is 4.72 Å². The van der Waals surface area contributed by atoms with Gasteiger partial charge in [-0.1, -0.05) is 48.5 Å². The van der Waals surface area contributed by atoms with Crippen LogP contribution in [0.2, 0.25) is 0 Å². The minimum atomic E-state index is -3.66. The highest BCUT2D eigenvalue weighted by atomic mass is 32.2. The van der Waals surface area contributed by atoms with Crippen molar-refractivity contribution in [2.24, 2.45) is 0 Å². The monoisotopic (exact) mass is 355 g/mol. The molecule has 0 spiro atoms. The van der Waals surface area contributed by atoms with E-state index in [0.717, 1.165) is 16.7 Å². The van der Waals surface area contributed by atoms with Crippen LogP contribution >= 0.6 is 0 Å². The fourth-order valence-electron chi connectivity index (χ4n) is 2.54. The van der Waals surface area contributed by atoms with Gasteiger partial charge in [0.1, 0.15) is 5.82 Å². The van der Waals surface area contributed by atoms with Gasteiger partial charge in [0.15, 0.2) is 0 Å². The van der Waals surface area contributed by atoms with Gasteiger partial charge in [-0.3, -0.25) is 0 Å². The first-order valence-electron chi connectivity index (χ1n) is 7.86. The minimum absolute atomic E-state index is 0.0480. The summed E-state index contributed by atoms with van der Waals surface area (Å²) in [7, 11) is -3.66. The first-order valence-corrected chi connectivity index (χ1v) is 9.34. The Balaban J connectivity index is 1.77. The van der Waals surface area contributed by atoms with Gasteiger partial charge < -0.3 is 0 Å². The van der Waals surface area contributed by atoms with Crippen molar-refractivity contribution in [2.45, 2.75) is 18.4 Å². The molecule has 0 fully saturated rings. The number of halogens is 1. The Kier molecular flexibility index (Phi) is 4.97. The largest absolute Gasteiger partial charge is 0.240 e. The lowest BCUT2D eigenvalue weighted by Crippen LogP contribution is -2.23. The van der Waals surface area contributed by atoms with Crippen LogP contribution in [-0.4, -0.2) is 8.42 Å². The summed E-state index contributed by atoms with van der Waals surface area (Å²) < 4.78 is 40.7. The maximum absolute atomic E-state index is 13.3. The van der Waals surface area contributed by atoms with Gasteiger partial charge in [-0.25, -0.2) is 17.5 Å². The molecule has 0 bridgehead atoms. The third kappa shape index (κ3) is 4.13. The predicted molar refractivity (Wildman–Crippen MR) is 97.0 cm³/mol. The zero-order chi connectivity index (χ0) is 17.9. The smallest absolute Gasteiger partial charge is 0.207 e. The van der Waals surface area contributed by atoms with E-state index in [1.807, 2.05) is 37.3 Å². The maximum atomic E-state index is 13.3. The van der Waals surface area contributed by atoms with E-state index in [-0.39, 0.29) is 17.3 Å². The highest BCUT2D eigenvalue weighted by Crippen LogP contribution is 2.21. The summed E-state index contributed by atoms with van der Waals surface area (Å²) in [4.78, 5) is 0.182. The number of benzene rings is 3. The van der Waals surface area contributed by atoms with Crippen LogP contribution in [0.15, 0.2) is 77.7 Å². The van der Waals surface area contributed by atoms with Gasteiger partial charge in [-0.2, -0.15) is 0 Å². The number of hydrogen-bond donors (Lipinski definition) is 1. The fourth-order valence-corrected chi connectivity index (χ4v) is 3.55. The standard InChI is InChI=1S/C20H18FNO2S/c1-15-7-10-19(21)13-18(15)14-22-25(23,24)20-11-8-17(9-12-20)16-5-3-2-4-6-16/h2-13,22H,14H2,1H3. The molecule has 3 aromatic carbocycles. The second kappa shape index (κ2) is 7.17. The van der Waals surface area contributed by atoms with Gasteiger partial charge in [0.05, 0.1) is 4.90 Å². The number of nitrogens with one attached hydrogen (secondary N) is 1. The van der Waals surface area contributed by atoms with Gasteiger partial charge in [-0.05, 0) is 53.4 Å². The molecule has 0 heterocycles. The Bertz CT molecular complexity index is 968. The van der Waals surface area contributed by atoms with Crippen LogP contribution in [0, 0.1) is 12.7 Å². The van der Waals surface area contributed by atoms with Crippen molar-refractivity contribution in [3.8, 4) is 11.1 Å². The van der Waals surface area contributed by atoms with Crippen molar-refractivity contribution >= 4 is 10.0 Å². The first kappa shape index (κ1) is 17.3. The van der Waals surface area contributed by atoms with Crippen LogP contribution < -0.4 is 4.72 Å². The Morgan fingerprint density at radius 1 is 0.880 bits per heavy atom. The van der Waals surface area contributed by atoms with Crippen molar-refractivity contribution in [1.29, 1.82) is 0 Å². The summed E-state index contributed by atoms with van der Waals surface area (Å²) in [5, 5.41) is 0. The molecule has 3 nitrogen and oxygen atoms in total. The molecule has 0 atom stereocenters. The SMILES string of the molecule is Cc1ccc(F)cc1CNS(=O)(=O)c1ccc(-c2ccccc2)cc1. The summed E-state index contributed by atoms with van der Waals surface area (Å²) in [6.07, 6.45) is 0. The lowest BCUT2D eigenvalue weighted by molar-refractivity contribution is 0.580. The Labute approximate surface area is 147 Å². The van der Waals surface area contributed by atoms with Crippen molar-refractivity contribution < 1.29 is 12.8 Å². The minimum Gasteiger partial charge on any atom is -0.207 e. The summed E-state index contributed by atoms with van der Waals surface area (Å²) >= 11 is 0. The molecular formula is C20H18FNO2S. The van der Waals surface area contributed by atoms with E-state index in [1.165, 1.54) is 12.1 Å². The van der Waals surface area contributed by atoms with Gasteiger partial charge in [0.25, 0.3) is 0 Å². The molecule has 0 unspecified atom stereocenters. The third-order valence-electron chi connectivity index (χ3n) is 4.04. The molecular weight excluding hydrogens is 337 g/mol. The summed E-state index contributed by atoms with van der Waals surface area (Å²) in [5.74, 6) is -0.382. The fraction of sp³-hybridized carbons (Fsp3) is 0.100. The van der Waals surface area contributed by atoms with Crippen molar-refractivity contribution in [3.05, 3.63) is 89.7 Å². The quantitative estimate of drug-likeness (QED) is 0.742. The van der Waals surface area contributed by atoms with Crippen LogP contribution in [0.5, 0.6) is 0 Å². The zero-order valence-electron chi connectivity index (χ0n) is 13.7. The van der Waals surface area contributed by atoms with Crippen LogP contribution in [0.25, 0.3) is 11.1 Å². The Hall–Kier alpha value is -2.50. The van der Waals surface area contributed by atoms with E-state index in [4.69, 9.17) is 0 Å². The third-order valence-corrected chi connectivity index (χ3v) is 5.45. The molecule has 0 saturated carbocycles. The Morgan fingerprint density at radius 3 is 2.20 bits per heavy atom. The highest BCUT2D eigenvalue weighted by molar-refractivity contribution is 7.89. The Morgan fingerprint density at radius 2 is 1.52 bits per heavy atom. The summed E-state index contributed by atoms with van der Waals surface area (Å²) in [6, 6.07) is 20.8. The number of rotatable bonds is 5. The van der Waals surface area contributed by atoms with Crippen LogP contribution in [0.3, 0.4) is 0 Å². The zero-order valence-corrected chi connectivity index (χ0v) is 14.6. The number of aryl methyl sites for hydroxylation is 1. The second-order valence-electron chi connectivity index (χ2n) is 5.79. The van der Waals surface area contributed by atoms with Crippen LogP contribution in [-0.2, 0) is 16.6 Å². The van der Waals surface area contributed by atoms with E-state index in [2.05, 4.69) is 4.72 Å². The lowest BCUT2D eigenvalue weighted by Gasteiger charge is -2.10. The van der Waals surface area contributed by atoms with Gasteiger partial charge in [0, 0.05) is 6.54 Å². The van der Waals surface area contributed by atoms with E-state index in [1.54, 1.807) is 30.3 Å². The second-order valence-corrected chi connectivity index (χ2v) is 7.55. The molecule has 0 radical (unpaired) electrons. The predicted octanol–water partition coefficient (Wildman–Crippen LogP) is 4.28. The average molecular weight is 355 g/mol. The lowest BCUT2D eigenvalue weighted by atomic mass is 10.1. The normalized spacial score (nSPS) is 11.4. The van der Waals surface area contributed by atoms with Crippen LogP contribution in [0.4, 0.5) is 4.39 Å².